The number of benzene rings is 1. The molecule has 22 heavy (non-hydrogen) atoms. The Labute approximate surface area is 133 Å². The SMILES string of the molecule is CCC1=C2C=CC(C)C=C2Oc2cc(N(CC)CC)ccc21. The molecule has 0 spiro atoms. The van der Waals surface area contributed by atoms with E-state index in [1.165, 1.54) is 22.4 Å². The minimum absolute atomic E-state index is 0.435. The molecule has 0 radical (unpaired) electrons. The molecule has 1 unspecified atom stereocenters. The average Bonchev–Trinajstić information content (AvgIpc) is 2.53. The zero-order chi connectivity index (χ0) is 15.7. The maximum Gasteiger partial charge on any atom is 0.137 e. The maximum atomic E-state index is 6.24. The van der Waals surface area contributed by atoms with E-state index in [0.29, 0.717) is 5.92 Å². The monoisotopic (exact) mass is 295 g/mol. The number of nitrogens with zero attached hydrogens (tertiary/aromatic N) is 1. The highest BCUT2D eigenvalue weighted by molar-refractivity contribution is 5.82. The highest BCUT2D eigenvalue weighted by atomic mass is 16.5. The first-order valence-electron chi connectivity index (χ1n) is 8.38. The minimum atomic E-state index is 0.435. The van der Waals surface area contributed by atoms with Gasteiger partial charge in [-0.15, -0.1) is 0 Å². The van der Waals surface area contributed by atoms with E-state index in [1.807, 2.05) is 0 Å². The van der Waals surface area contributed by atoms with Gasteiger partial charge >= 0.3 is 0 Å². The molecule has 116 valence electrons. The summed E-state index contributed by atoms with van der Waals surface area (Å²) in [5.41, 5.74) is 5.12. The highest BCUT2D eigenvalue weighted by Gasteiger charge is 2.24. The lowest BCUT2D eigenvalue weighted by Crippen LogP contribution is -2.22. The van der Waals surface area contributed by atoms with Crippen LogP contribution in [0.2, 0.25) is 0 Å². The van der Waals surface area contributed by atoms with E-state index in [9.17, 15) is 0 Å². The third-order valence-electron chi connectivity index (χ3n) is 4.56. The zero-order valence-electron chi connectivity index (χ0n) is 14.0. The van der Waals surface area contributed by atoms with E-state index in [-0.39, 0.29) is 0 Å². The number of allylic oxidation sites excluding steroid dienone is 4. The van der Waals surface area contributed by atoms with Gasteiger partial charge in [-0.2, -0.15) is 0 Å². The Bertz CT molecular complexity index is 662. The predicted octanol–water partition coefficient (Wildman–Crippen LogP) is 5.18. The van der Waals surface area contributed by atoms with Crippen LogP contribution in [0.1, 0.15) is 39.7 Å². The summed E-state index contributed by atoms with van der Waals surface area (Å²) in [5.74, 6) is 2.46. The van der Waals surface area contributed by atoms with Crippen LogP contribution in [0.5, 0.6) is 5.75 Å². The molecule has 3 rings (SSSR count). The van der Waals surface area contributed by atoms with E-state index >= 15 is 0 Å². The average molecular weight is 295 g/mol. The highest BCUT2D eigenvalue weighted by Crippen LogP contribution is 2.43. The third-order valence-corrected chi connectivity index (χ3v) is 4.56. The molecule has 0 saturated carbocycles. The predicted molar refractivity (Wildman–Crippen MR) is 94.2 cm³/mol. The van der Waals surface area contributed by atoms with Crippen molar-refractivity contribution in [1.29, 1.82) is 0 Å². The van der Waals surface area contributed by atoms with Gasteiger partial charge in [-0.25, -0.2) is 0 Å². The van der Waals surface area contributed by atoms with E-state index in [4.69, 9.17) is 4.74 Å². The standard InChI is InChI=1S/C20H25NO/c1-5-16-17-10-8-14(4)12-19(17)22-20-13-15(9-11-18(16)20)21(6-2)7-3/h8-14H,5-7H2,1-4H3. The molecular weight excluding hydrogens is 270 g/mol. The van der Waals surface area contributed by atoms with Crippen molar-refractivity contribution < 1.29 is 4.74 Å². The lowest BCUT2D eigenvalue weighted by molar-refractivity contribution is 0.425. The molecular formula is C20H25NO. The van der Waals surface area contributed by atoms with Gasteiger partial charge < -0.3 is 9.64 Å². The second kappa shape index (κ2) is 6.04. The molecule has 2 aliphatic rings. The van der Waals surface area contributed by atoms with Gasteiger partial charge in [0.15, 0.2) is 0 Å². The van der Waals surface area contributed by atoms with E-state index in [1.54, 1.807) is 0 Å². The quantitative estimate of drug-likeness (QED) is 0.759. The second-order valence-corrected chi connectivity index (χ2v) is 5.95. The Hall–Kier alpha value is -1.96. The Morgan fingerprint density at radius 3 is 2.59 bits per heavy atom. The summed E-state index contributed by atoms with van der Waals surface area (Å²) >= 11 is 0. The minimum Gasteiger partial charge on any atom is -0.456 e. The van der Waals surface area contributed by atoms with Crippen LogP contribution < -0.4 is 9.64 Å². The fourth-order valence-corrected chi connectivity index (χ4v) is 3.33. The maximum absolute atomic E-state index is 6.24. The first kappa shape index (κ1) is 15.0. The van der Waals surface area contributed by atoms with Crippen molar-refractivity contribution in [3.63, 3.8) is 0 Å². The molecule has 1 aromatic rings. The lowest BCUT2D eigenvalue weighted by atomic mass is 9.89. The number of anilines is 1. The van der Waals surface area contributed by atoms with Crippen molar-refractivity contribution in [2.75, 3.05) is 18.0 Å². The van der Waals surface area contributed by atoms with Crippen LogP contribution in [0, 0.1) is 5.92 Å². The van der Waals surface area contributed by atoms with Gasteiger partial charge in [0.1, 0.15) is 11.5 Å². The summed E-state index contributed by atoms with van der Waals surface area (Å²) < 4.78 is 6.24. The second-order valence-electron chi connectivity index (χ2n) is 5.95. The lowest BCUT2D eigenvalue weighted by Gasteiger charge is -2.29. The summed E-state index contributed by atoms with van der Waals surface area (Å²) in [4.78, 5) is 2.35. The topological polar surface area (TPSA) is 12.5 Å². The Morgan fingerprint density at radius 1 is 1.14 bits per heavy atom. The third kappa shape index (κ3) is 2.47. The largest absolute Gasteiger partial charge is 0.456 e. The molecule has 0 aromatic heterocycles. The van der Waals surface area contributed by atoms with Crippen LogP contribution in [0.3, 0.4) is 0 Å². The number of fused-ring (bicyclic) bond motifs is 2. The fourth-order valence-electron chi connectivity index (χ4n) is 3.33. The molecule has 0 fully saturated rings. The van der Waals surface area contributed by atoms with E-state index < -0.39 is 0 Å². The van der Waals surface area contributed by atoms with Gasteiger partial charge in [0, 0.05) is 36.0 Å². The van der Waals surface area contributed by atoms with Gasteiger partial charge in [-0.3, -0.25) is 0 Å². The molecule has 1 aromatic carbocycles. The molecule has 1 aliphatic carbocycles. The van der Waals surface area contributed by atoms with Crippen molar-refractivity contribution >= 4 is 11.3 Å². The summed E-state index contributed by atoms with van der Waals surface area (Å²) in [6.07, 6.45) is 7.71. The van der Waals surface area contributed by atoms with Gasteiger partial charge in [0.2, 0.25) is 0 Å². The number of ether oxygens (including phenoxy) is 1. The number of hydrogen-bond acceptors (Lipinski definition) is 2. The Balaban J connectivity index is 2.09. The summed E-state index contributed by atoms with van der Waals surface area (Å²) in [7, 11) is 0. The Kier molecular flexibility index (Phi) is 4.10. The molecule has 0 amide bonds. The summed E-state index contributed by atoms with van der Waals surface area (Å²) in [6, 6.07) is 6.63. The smallest absolute Gasteiger partial charge is 0.137 e. The molecule has 1 aliphatic heterocycles. The van der Waals surface area contributed by atoms with Gasteiger partial charge in [0.25, 0.3) is 0 Å². The van der Waals surface area contributed by atoms with Crippen LogP contribution in [0.4, 0.5) is 5.69 Å². The fraction of sp³-hybridized carbons (Fsp3) is 0.400. The van der Waals surface area contributed by atoms with Crippen molar-refractivity contribution in [2.24, 2.45) is 5.92 Å². The Morgan fingerprint density at radius 2 is 1.91 bits per heavy atom. The van der Waals surface area contributed by atoms with E-state index in [2.05, 4.69) is 69.0 Å². The van der Waals surface area contributed by atoms with Crippen LogP contribution in [-0.2, 0) is 0 Å². The van der Waals surface area contributed by atoms with Gasteiger partial charge in [-0.1, -0.05) is 26.0 Å². The van der Waals surface area contributed by atoms with Crippen LogP contribution in [0.15, 0.2) is 47.8 Å². The molecule has 2 heteroatoms. The summed E-state index contributed by atoms with van der Waals surface area (Å²) in [6.45, 7) is 10.8. The zero-order valence-corrected chi connectivity index (χ0v) is 14.0. The molecule has 0 N–H and O–H groups in total. The molecule has 2 nitrogen and oxygen atoms in total. The molecule has 0 bridgehead atoms. The van der Waals surface area contributed by atoms with Crippen molar-refractivity contribution in [2.45, 2.75) is 34.1 Å². The van der Waals surface area contributed by atoms with Gasteiger partial charge in [-0.05, 0) is 50.0 Å². The summed E-state index contributed by atoms with van der Waals surface area (Å²) in [5, 5.41) is 0. The first-order valence-corrected chi connectivity index (χ1v) is 8.38. The number of rotatable bonds is 4. The first-order chi connectivity index (χ1) is 10.7. The van der Waals surface area contributed by atoms with Crippen molar-refractivity contribution in [3.8, 4) is 5.75 Å². The van der Waals surface area contributed by atoms with Crippen LogP contribution in [0.25, 0.3) is 5.57 Å². The van der Waals surface area contributed by atoms with Crippen molar-refractivity contribution in [1.82, 2.24) is 0 Å². The number of hydrogen-bond donors (Lipinski definition) is 0. The van der Waals surface area contributed by atoms with Crippen LogP contribution >= 0.6 is 0 Å². The molecule has 0 saturated heterocycles. The van der Waals surface area contributed by atoms with Gasteiger partial charge in [0.05, 0.1) is 0 Å². The van der Waals surface area contributed by atoms with E-state index in [0.717, 1.165) is 31.0 Å². The van der Waals surface area contributed by atoms with Crippen molar-refractivity contribution in [3.05, 3.63) is 53.3 Å². The normalized spacial score (nSPS) is 19.3. The molecule has 1 atom stereocenters. The molecule has 1 heterocycles. The van der Waals surface area contributed by atoms with Crippen LogP contribution in [-0.4, -0.2) is 13.1 Å².